The predicted molar refractivity (Wildman–Crippen MR) is 217 cm³/mol. The summed E-state index contributed by atoms with van der Waals surface area (Å²) in [4.78, 5) is 56.9. The molecule has 0 saturated carbocycles. The number of halogens is 1. The number of fused-ring (bicyclic) bond motifs is 2. The quantitative estimate of drug-likeness (QED) is 0.168. The number of hydrogen-bond donors (Lipinski definition) is 3. The first-order valence-corrected chi connectivity index (χ1v) is 18.8. The number of hydrogen-bond acceptors (Lipinski definition) is 11. The molecule has 0 bridgehead atoms. The molecule has 4 aromatic heterocycles. The van der Waals surface area contributed by atoms with Gasteiger partial charge in [0.15, 0.2) is 11.5 Å². The standard InChI is InChI=1S/C42H41FN10O5/c1-42(2,57)35-9-6-10-36(46-35)53-37-32(40(56)52(53)21-22-58-3)25-44-41(47-37)45-27-12-14-28(15-13-27)50-17-19-51(20-18-50)39(55)31-23-26(11-16-33(31)43)24-34-29-7-4-5-8-30(29)38(54)49-48-34/h4-16,23,25,57H,17-22,24H2,1-3H3,(H,49,54)(H,44,45,47). The number of benzene rings is 3. The summed E-state index contributed by atoms with van der Waals surface area (Å²) in [5.74, 6) is -0.296. The molecule has 8 rings (SSSR count). The third-order valence-electron chi connectivity index (χ3n) is 10.2. The first-order valence-electron chi connectivity index (χ1n) is 18.8. The van der Waals surface area contributed by atoms with Gasteiger partial charge in [-0.1, -0.05) is 30.3 Å². The number of amides is 1. The summed E-state index contributed by atoms with van der Waals surface area (Å²) in [7, 11) is 1.56. The largest absolute Gasteiger partial charge is 0.384 e. The number of carbonyl (C=O) groups excluding carboxylic acids is 1. The number of aromatic nitrogens is 7. The van der Waals surface area contributed by atoms with E-state index >= 15 is 4.39 Å². The highest BCUT2D eigenvalue weighted by atomic mass is 19.1. The molecule has 5 heterocycles. The van der Waals surface area contributed by atoms with Crippen LogP contribution >= 0.6 is 0 Å². The van der Waals surface area contributed by atoms with E-state index in [0.29, 0.717) is 82.9 Å². The number of anilines is 3. The van der Waals surface area contributed by atoms with Crippen LogP contribution in [0.5, 0.6) is 0 Å². The average Bonchev–Trinajstić information content (AvgIpc) is 3.51. The molecular formula is C42H41FN10O5. The van der Waals surface area contributed by atoms with Crippen molar-refractivity contribution >= 4 is 45.0 Å². The van der Waals surface area contributed by atoms with Crippen LogP contribution in [-0.4, -0.2) is 90.3 Å². The summed E-state index contributed by atoms with van der Waals surface area (Å²) in [5.41, 5.74) is 1.99. The van der Waals surface area contributed by atoms with E-state index in [1.54, 1.807) is 73.0 Å². The zero-order chi connectivity index (χ0) is 40.6. The van der Waals surface area contributed by atoms with Crippen LogP contribution in [0.3, 0.4) is 0 Å². The molecule has 16 heteroatoms. The fraction of sp³-hybridized carbons (Fsp3) is 0.262. The lowest BCUT2D eigenvalue weighted by Crippen LogP contribution is -2.49. The topological polar surface area (TPSA) is 176 Å². The SMILES string of the molecule is COCCn1c(=O)c2cnc(Nc3ccc(N4CCN(C(=O)c5cc(Cc6n[nH]c(=O)c7ccccc67)ccc5F)CC4)cc3)nc2n1-c1cccc(C(C)(C)O)n1. The van der Waals surface area contributed by atoms with Crippen LogP contribution in [-0.2, 0) is 23.3 Å². The van der Waals surface area contributed by atoms with Gasteiger partial charge >= 0.3 is 0 Å². The monoisotopic (exact) mass is 784 g/mol. The minimum Gasteiger partial charge on any atom is -0.384 e. The van der Waals surface area contributed by atoms with Crippen molar-refractivity contribution in [1.82, 2.24) is 39.4 Å². The molecule has 1 saturated heterocycles. The number of ether oxygens (including phenoxy) is 1. The van der Waals surface area contributed by atoms with Gasteiger partial charge in [-0.15, -0.1) is 0 Å². The maximum Gasteiger partial charge on any atom is 0.278 e. The predicted octanol–water partition coefficient (Wildman–Crippen LogP) is 4.52. The van der Waals surface area contributed by atoms with Crippen molar-refractivity contribution in [2.45, 2.75) is 32.4 Å². The van der Waals surface area contributed by atoms with E-state index in [1.807, 2.05) is 36.4 Å². The van der Waals surface area contributed by atoms with Gasteiger partial charge in [0.2, 0.25) is 5.95 Å². The van der Waals surface area contributed by atoms with Crippen LogP contribution in [0.1, 0.15) is 41.2 Å². The van der Waals surface area contributed by atoms with Crippen LogP contribution < -0.4 is 21.3 Å². The Bertz CT molecular complexity index is 2770. The molecule has 7 aromatic rings. The van der Waals surface area contributed by atoms with Crippen LogP contribution in [0.2, 0.25) is 0 Å². The fourth-order valence-electron chi connectivity index (χ4n) is 7.15. The van der Waals surface area contributed by atoms with Crippen molar-refractivity contribution in [3.63, 3.8) is 0 Å². The number of carbonyl (C=O) groups is 1. The molecule has 1 fully saturated rings. The van der Waals surface area contributed by atoms with Gasteiger partial charge in [0.1, 0.15) is 16.8 Å². The maximum absolute atomic E-state index is 15.1. The van der Waals surface area contributed by atoms with Crippen molar-refractivity contribution in [2.24, 2.45) is 0 Å². The molecule has 0 aliphatic carbocycles. The molecule has 0 spiro atoms. The average molecular weight is 785 g/mol. The Morgan fingerprint density at radius 1 is 0.931 bits per heavy atom. The molecule has 3 N–H and O–H groups in total. The van der Waals surface area contributed by atoms with E-state index in [2.05, 4.69) is 30.4 Å². The van der Waals surface area contributed by atoms with E-state index in [0.717, 1.165) is 5.69 Å². The third kappa shape index (κ3) is 7.54. The maximum atomic E-state index is 15.1. The van der Waals surface area contributed by atoms with E-state index in [1.165, 1.54) is 16.9 Å². The summed E-state index contributed by atoms with van der Waals surface area (Å²) in [6, 6.07) is 24.6. The normalized spacial score (nSPS) is 13.4. The first kappa shape index (κ1) is 38.1. The Hall–Kier alpha value is -6.78. The van der Waals surface area contributed by atoms with Crippen molar-refractivity contribution in [3.8, 4) is 5.82 Å². The van der Waals surface area contributed by atoms with Gasteiger partial charge in [0.05, 0.1) is 35.5 Å². The molecule has 3 aromatic carbocycles. The zero-order valence-electron chi connectivity index (χ0n) is 32.1. The number of aliphatic hydroxyl groups is 1. The van der Waals surface area contributed by atoms with Gasteiger partial charge in [-0.05, 0) is 74.0 Å². The highest BCUT2D eigenvalue weighted by molar-refractivity contribution is 5.95. The second-order valence-electron chi connectivity index (χ2n) is 14.6. The summed E-state index contributed by atoms with van der Waals surface area (Å²) in [6.45, 7) is 5.71. The van der Waals surface area contributed by atoms with E-state index in [9.17, 15) is 19.5 Å². The summed E-state index contributed by atoms with van der Waals surface area (Å²) < 4.78 is 23.5. The molecule has 58 heavy (non-hydrogen) atoms. The number of nitrogens with zero attached hydrogens (tertiary/aromatic N) is 8. The summed E-state index contributed by atoms with van der Waals surface area (Å²) >= 11 is 0. The van der Waals surface area contributed by atoms with Crippen LogP contribution in [0, 0.1) is 5.82 Å². The van der Waals surface area contributed by atoms with Crippen LogP contribution in [0.25, 0.3) is 27.6 Å². The number of pyridine rings is 1. The van der Waals surface area contributed by atoms with Crippen LogP contribution in [0.15, 0.2) is 101 Å². The molecule has 15 nitrogen and oxygen atoms in total. The van der Waals surface area contributed by atoms with E-state index in [4.69, 9.17) is 9.72 Å². The van der Waals surface area contributed by atoms with Crippen molar-refractivity contribution in [3.05, 3.63) is 140 Å². The first-order chi connectivity index (χ1) is 28.0. The second kappa shape index (κ2) is 15.6. The third-order valence-corrected chi connectivity index (χ3v) is 10.2. The fourth-order valence-corrected chi connectivity index (χ4v) is 7.15. The lowest BCUT2D eigenvalue weighted by molar-refractivity contribution is 0.0733. The number of rotatable bonds is 11. The highest BCUT2D eigenvalue weighted by Crippen LogP contribution is 2.25. The number of aromatic amines is 1. The lowest BCUT2D eigenvalue weighted by Gasteiger charge is -2.36. The molecule has 0 radical (unpaired) electrons. The smallest absolute Gasteiger partial charge is 0.278 e. The van der Waals surface area contributed by atoms with E-state index < -0.39 is 11.4 Å². The molecule has 0 unspecified atom stereocenters. The van der Waals surface area contributed by atoms with Gasteiger partial charge in [-0.2, -0.15) is 10.1 Å². The van der Waals surface area contributed by atoms with E-state index in [-0.39, 0.29) is 41.7 Å². The number of H-pyrrole nitrogens is 1. The number of methoxy groups -OCH3 is 1. The molecule has 0 atom stereocenters. The molecule has 1 aliphatic heterocycles. The van der Waals surface area contributed by atoms with Gasteiger partial charge < -0.3 is 25.0 Å². The molecule has 1 amide bonds. The molecular weight excluding hydrogens is 744 g/mol. The molecule has 296 valence electrons. The lowest BCUT2D eigenvalue weighted by atomic mass is 10.0. The van der Waals surface area contributed by atoms with Gasteiger partial charge in [-0.25, -0.2) is 28.8 Å². The van der Waals surface area contributed by atoms with Gasteiger partial charge in [0.25, 0.3) is 17.0 Å². The molecule has 1 aliphatic rings. The number of nitrogens with one attached hydrogen (secondary N) is 2. The zero-order valence-corrected chi connectivity index (χ0v) is 32.1. The summed E-state index contributed by atoms with van der Waals surface area (Å²) in [5, 5.41) is 22.1. The Labute approximate surface area is 331 Å². The van der Waals surface area contributed by atoms with Gasteiger partial charge in [0, 0.05) is 62.7 Å². The highest BCUT2D eigenvalue weighted by Gasteiger charge is 2.26. The minimum absolute atomic E-state index is 0.00191. The van der Waals surface area contributed by atoms with Crippen molar-refractivity contribution < 1.29 is 19.0 Å². The number of piperazine rings is 1. The van der Waals surface area contributed by atoms with Crippen molar-refractivity contribution in [2.75, 3.05) is 50.1 Å². The second-order valence-corrected chi connectivity index (χ2v) is 14.6. The minimum atomic E-state index is -1.20. The Kier molecular flexibility index (Phi) is 10.3. The van der Waals surface area contributed by atoms with Crippen LogP contribution in [0.4, 0.5) is 21.7 Å². The Morgan fingerprint density at radius 2 is 1.69 bits per heavy atom. The Morgan fingerprint density at radius 3 is 2.43 bits per heavy atom. The Balaban J connectivity index is 0.950. The summed E-state index contributed by atoms with van der Waals surface area (Å²) in [6.07, 6.45) is 1.80. The van der Waals surface area contributed by atoms with Crippen molar-refractivity contribution in [1.29, 1.82) is 0 Å². The van der Waals surface area contributed by atoms with Gasteiger partial charge in [-0.3, -0.25) is 14.4 Å².